The van der Waals surface area contributed by atoms with E-state index in [4.69, 9.17) is 4.98 Å². The molecule has 34 heavy (non-hydrogen) atoms. The number of rotatable bonds is 2. The molecule has 0 radical (unpaired) electrons. The number of benzene rings is 1. The Balaban J connectivity index is 1.34. The smallest absolute Gasteiger partial charge is 0.264 e. The molecule has 9 heteroatoms. The molecule has 0 spiro atoms. The zero-order chi connectivity index (χ0) is 24.0. The molecule has 2 aliphatic heterocycles. The highest BCUT2D eigenvalue weighted by Crippen LogP contribution is 2.30. The number of amides is 2. The van der Waals surface area contributed by atoms with Crippen LogP contribution in [0, 0.1) is 19.7 Å². The van der Waals surface area contributed by atoms with Gasteiger partial charge in [-0.15, -0.1) is 11.3 Å². The molecule has 0 saturated carbocycles. The van der Waals surface area contributed by atoms with Gasteiger partial charge < -0.3 is 9.80 Å². The summed E-state index contributed by atoms with van der Waals surface area (Å²) in [6, 6.07) is 4.50. The molecule has 0 N–H and O–H groups in total. The van der Waals surface area contributed by atoms with Crippen LogP contribution in [0.25, 0.3) is 10.2 Å². The third kappa shape index (κ3) is 3.91. The van der Waals surface area contributed by atoms with Crippen molar-refractivity contribution in [3.05, 3.63) is 61.8 Å². The van der Waals surface area contributed by atoms with Crippen LogP contribution in [0.4, 0.5) is 4.39 Å². The van der Waals surface area contributed by atoms with Crippen molar-refractivity contribution < 1.29 is 14.0 Å². The molecule has 0 atom stereocenters. The summed E-state index contributed by atoms with van der Waals surface area (Å²) in [4.78, 5) is 48.6. The number of aromatic nitrogens is 2. The van der Waals surface area contributed by atoms with Gasteiger partial charge in [0.05, 0.1) is 10.3 Å². The van der Waals surface area contributed by atoms with E-state index in [1.807, 2.05) is 6.92 Å². The number of carbonyl (C=O) groups is 2. The Morgan fingerprint density at radius 3 is 2.38 bits per heavy atom. The number of thiophene rings is 1. The Morgan fingerprint density at radius 2 is 1.68 bits per heavy atom. The second-order valence-electron chi connectivity index (χ2n) is 9.08. The van der Waals surface area contributed by atoms with E-state index in [0.29, 0.717) is 64.5 Å². The average molecular weight is 483 g/mol. The summed E-state index contributed by atoms with van der Waals surface area (Å²) in [5.41, 5.74) is 1.46. The van der Waals surface area contributed by atoms with Crippen LogP contribution in [0.5, 0.6) is 0 Å². The number of fused-ring (bicyclic) bond motifs is 2. The van der Waals surface area contributed by atoms with Crippen molar-refractivity contribution in [1.29, 1.82) is 0 Å². The fraction of sp³-hybridized carbons (Fsp3) is 0.440. The van der Waals surface area contributed by atoms with Gasteiger partial charge in [0.15, 0.2) is 0 Å². The van der Waals surface area contributed by atoms with Gasteiger partial charge in [0.1, 0.15) is 16.5 Å². The molecule has 0 unspecified atom stereocenters. The first-order valence-electron chi connectivity index (χ1n) is 11.7. The van der Waals surface area contributed by atoms with Crippen molar-refractivity contribution in [2.24, 2.45) is 0 Å². The highest BCUT2D eigenvalue weighted by molar-refractivity contribution is 7.20. The zero-order valence-corrected chi connectivity index (χ0v) is 20.2. The highest BCUT2D eigenvalue weighted by atomic mass is 32.1. The Morgan fingerprint density at radius 1 is 0.971 bits per heavy atom. The van der Waals surface area contributed by atoms with Crippen molar-refractivity contribution in [1.82, 2.24) is 19.4 Å². The standard InChI is InChI=1S/C25H27FN4O3S/c1-15-7-8-17(14-18(15)26)23(31)28-10-12-29(13-11-28)25(33)21-16(2)20-22(34-21)27-19-6-4-3-5-9-30(19)24(20)32/h7-8,14H,3-6,9-13H2,1-2H3. The van der Waals surface area contributed by atoms with Crippen LogP contribution in [0.3, 0.4) is 0 Å². The molecule has 5 rings (SSSR count). The highest BCUT2D eigenvalue weighted by Gasteiger charge is 2.29. The number of piperazine rings is 1. The Kier molecular flexibility index (Phi) is 5.97. The Bertz CT molecular complexity index is 1350. The van der Waals surface area contributed by atoms with Crippen LogP contribution < -0.4 is 5.56 Å². The van der Waals surface area contributed by atoms with Crippen LogP contribution in [0.15, 0.2) is 23.0 Å². The lowest BCUT2D eigenvalue weighted by Crippen LogP contribution is -2.50. The molecule has 2 aromatic heterocycles. The molecule has 1 saturated heterocycles. The van der Waals surface area contributed by atoms with Crippen molar-refractivity contribution >= 4 is 33.4 Å². The van der Waals surface area contributed by atoms with E-state index >= 15 is 0 Å². The first-order valence-corrected chi connectivity index (χ1v) is 12.5. The van der Waals surface area contributed by atoms with Crippen LogP contribution in [-0.4, -0.2) is 57.3 Å². The lowest BCUT2D eigenvalue weighted by Gasteiger charge is -2.34. The quantitative estimate of drug-likeness (QED) is 0.560. The fourth-order valence-electron chi connectivity index (χ4n) is 4.78. The van der Waals surface area contributed by atoms with Crippen molar-refractivity contribution in [2.45, 2.75) is 46.1 Å². The van der Waals surface area contributed by atoms with E-state index in [9.17, 15) is 18.8 Å². The summed E-state index contributed by atoms with van der Waals surface area (Å²) in [6.07, 6.45) is 3.86. The minimum Gasteiger partial charge on any atom is -0.335 e. The predicted octanol–water partition coefficient (Wildman–Crippen LogP) is 3.54. The lowest BCUT2D eigenvalue weighted by molar-refractivity contribution is 0.0537. The maximum atomic E-state index is 13.9. The van der Waals surface area contributed by atoms with Gasteiger partial charge in [-0.1, -0.05) is 12.5 Å². The molecule has 7 nitrogen and oxygen atoms in total. The second kappa shape index (κ2) is 8.94. The van der Waals surface area contributed by atoms with E-state index in [1.165, 1.54) is 17.4 Å². The molecule has 4 heterocycles. The van der Waals surface area contributed by atoms with E-state index in [2.05, 4.69) is 0 Å². The van der Waals surface area contributed by atoms with Gasteiger partial charge in [-0.25, -0.2) is 9.37 Å². The third-order valence-electron chi connectivity index (χ3n) is 6.88. The summed E-state index contributed by atoms with van der Waals surface area (Å²) >= 11 is 1.29. The summed E-state index contributed by atoms with van der Waals surface area (Å²) in [6.45, 7) is 5.68. The SMILES string of the molecule is Cc1ccc(C(=O)N2CCN(C(=O)c3sc4nc5n(c(=O)c4c3C)CCCCC5)CC2)cc1F. The molecular formula is C25H27FN4O3S. The lowest BCUT2D eigenvalue weighted by atomic mass is 10.1. The number of halogens is 1. The van der Waals surface area contributed by atoms with Crippen LogP contribution >= 0.6 is 11.3 Å². The number of hydrogen-bond donors (Lipinski definition) is 0. The third-order valence-corrected chi connectivity index (χ3v) is 8.05. The van der Waals surface area contributed by atoms with Gasteiger partial charge in [0, 0.05) is 44.7 Å². The molecule has 1 fully saturated rings. The minimum absolute atomic E-state index is 0.0459. The molecule has 1 aromatic carbocycles. The normalized spacial score (nSPS) is 16.4. The Hall–Kier alpha value is -3.07. The number of nitrogens with zero attached hydrogens (tertiary/aromatic N) is 4. The number of carbonyl (C=O) groups excluding carboxylic acids is 2. The fourth-order valence-corrected chi connectivity index (χ4v) is 5.94. The van der Waals surface area contributed by atoms with Crippen LogP contribution in [0.1, 0.15) is 56.2 Å². The van der Waals surface area contributed by atoms with E-state index in [1.54, 1.807) is 33.4 Å². The summed E-state index contributed by atoms with van der Waals surface area (Å²) < 4.78 is 15.7. The topological polar surface area (TPSA) is 75.5 Å². The molecule has 0 aliphatic carbocycles. The van der Waals surface area contributed by atoms with Gasteiger partial charge >= 0.3 is 0 Å². The van der Waals surface area contributed by atoms with Gasteiger partial charge in [0.25, 0.3) is 17.4 Å². The molecule has 2 amide bonds. The summed E-state index contributed by atoms with van der Waals surface area (Å²) in [7, 11) is 0. The van der Waals surface area contributed by atoms with Gasteiger partial charge in [0.2, 0.25) is 0 Å². The van der Waals surface area contributed by atoms with Crippen molar-refractivity contribution in [3.63, 3.8) is 0 Å². The minimum atomic E-state index is -0.401. The maximum absolute atomic E-state index is 13.9. The molecular weight excluding hydrogens is 455 g/mol. The first kappa shape index (κ1) is 22.7. The van der Waals surface area contributed by atoms with Crippen LogP contribution in [-0.2, 0) is 13.0 Å². The summed E-state index contributed by atoms with van der Waals surface area (Å²) in [5.74, 6) is 0.0490. The van der Waals surface area contributed by atoms with Gasteiger partial charge in [-0.05, 0) is 49.9 Å². The monoisotopic (exact) mass is 482 g/mol. The first-order chi connectivity index (χ1) is 16.3. The largest absolute Gasteiger partial charge is 0.335 e. The van der Waals surface area contributed by atoms with Crippen LogP contribution in [0.2, 0.25) is 0 Å². The van der Waals surface area contributed by atoms with E-state index < -0.39 is 5.82 Å². The molecule has 178 valence electrons. The molecule has 3 aromatic rings. The van der Waals surface area contributed by atoms with Gasteiger partial charge in [-0.3, -0.25) is 19.0 Å². The predicted molar refractivity (Wildman–Crippen MR) is 129 cm³/mol. The molecule has 0 bridgehead atoms. The summed E-state index contributed by atoms with van der Waals surface area (Å²) in [5, 5.41) is 0.550. The number of hydrogen-bond acceptors (Lipinski definition) is 5. The van der Waals surface area contributed by atoms with E-state index in [0.717, 1.165) is 31.5 Å². The maximum Gasteiger partial charge on any atom is 0.264 e. The average Bonchev–Trinajstić information content (AvgIpc) is 3.00. The Labute approximate surface area is 200 Å². The van der Waals surface area contributed by atoms with E-state index in [-0.39, 0.29) is 17.4 Å². The second-order valence-corrected chi connectivity index (χ2v) is 10.1. The van der Waals surface area contributed by atoms with Gasteiger partial charge in [-0.2, -0.15) is 0 Å². The zero-order valence-electron chi connectivity index (χ0n) is 19.4. The number of aryl methyl sites for hydroxylation is 3. The van der Waals surface area contributed by atoms with Crippen molar-refractivity contribution in [2.75, 3.05) is 26.2 Å². The molecule has 2 aliphatic rings. The van der Waals surface area contributed by atoms with Crippen molar-refractivity contribution in [3.8, 4) is 0 Å².